The zero-order chi connectivity index (χ0) is 17.8. The first-order valence-electron chi connectivity index (χ1n) is 8.29. The number of rotatable bonds is 5. The third-order valence-corrected chi connectivity index (χ3v) is 5.48. The maximum absolute atomic E-state index is 12.5. The molecule has 3 N–H and O–H groups in total. The van der Waals surface area contributed by atoms with Gasteiger partial charge in [-0.2, -0.15) is 0 Å². The fraction of sp³-hybridized carbons (Fsp3) is 0.412. The van der Waals surface area contributed by atoms with Crippen LogP contribution in [-0.4, -0.2) is 28.4 Å². The molecule has 26 heavy (non-hydrogen) atoms. The van der Waals surface area contributed by atoms with E-state index in [-0.39, 0.29) is 30.0 Å². The summed E-state index contributed by atoms with van der Waals surface area (Å²) in [6, 6.07) is 6.26. The fourth-order valence-electron chi connectivity index (χ4n) is 3.16. The van der Waals surface area contributed by atoms with E-state index in [0.717, 1.165) is 31.2 Å². The van der Waals surface area contributed by atoms with Gasteiger partial charge in [0.2, 0.25) is 0 Å². The molecule has 1 aromatic heterocycles. The second-order valence-electron chi connectivity index (χ2n) is 6.20. The molecule has 1 heterocycles. The van der Waals surface area contributed by atoms with Gasteiger partial charge in [-0.15, -0.1) is 23.7 Å². The van der Waals surface area contributed by atoms with Crippen molar-refractivity contribution in [2.45, 2.75) is 31.7 Å². The van der Waals surface area contributed by atoms with E-state index < -0.39 is 4.92 Å². The van der Waals surface area contributed by atoms with Crippen molar-refractivity contribution >= 4 is 35.3 Å². The molecule has 2 atom stereocenters. The Morgan fingerprint density at radius 2 is 2.00 bits per heavy atom. The lowest BCUT2D eigenvalue weighted by atomic mass is 9.84. The highest BCUT2D eigenvalue weighted by molar-refractivity contribution is 7.13. The summed E-state index contributed by atoms with van der Waals surface area (Å²) in [7, 11) is 0. The number of carbonyl (C=O) groups excluding carboxylic acids is 1. The third kappa shape index (κ3) is 4.57. The van der Waals surface area contributed by atoms with E-state index in [1.165, 1.54) is 23.5 Å². The first-order chi connectivity index (χ1) is 12.1. The summed E-state index contributed by atoms with van der Waals surface area (Å²) in [6.45, 7) is 0.579. The Kier molecular flexibility index (Phi) is 7.07. The van der Waals surface area contributed by atoms with Crippen LogP contribution in [0.1, 0.15) is 36.2 Å². The van der Waals surface area contributed by atoms with Crippen molar-refractivity contribution in [1.82, 2.24) is 10.3 Å². The van der Waals surface area contributed by atoms with Gasteiger partial charge in [-0.05, 0) is 37.4 Å². The number of nitro benzene ring substituents is 1. The van der Waals surface area contributed by atoms with Crippen LogP contribution >= 0.6 is 23.7 Å². The number of hydrogen-bond acceptors (Lipinski definition) is 6. The van der Waals surface area contributed by atoms with Gasteiger partial charge in [-0.3, -0.25) is 14.9 Å². The van der Waals surface area contributed by atoms with Crippen LogP contribution in [0.15, 0.2) is 29.6 Å². The van der Waals surface area contributed by atoms with E-state index in [9.17, 15) is 14.9 Å². The van der Waals surface area contributed by atoms with Crippen molar-refractivity contribution in [1.29, 1.82) is 0 Å². The molecule has 9 heteroatoms. The number of carbonyl (C=O) groups is 1. The normalized spacial score (nSPS) is 19.4. The highest BCUT2D eigenvalue weighted by Crippen LogP contribution is 2.27. The summed E-state index contributed by atoms with van der Waals surface area (Å²) in [6.07, 6.45) is 4.27. The van der Waals surface area contributed by atoms with E-state index in [4.69, 9.17) is 5.73 Å². The first kappa shape index (κ1) is 20.3. The van der Waals surface area contributed by atoms with Crippen molar-refractivity contribution in [2.75, 3.05) is 6.54 Å². The molecule has 140 valence electrons. The summed E-state index contributed by atoms with van der Waals surface area (Å²) < 4.78 is 0. The summed E-state index contributed by atoms with van der Waals surface area (Å²) >= 11 is 1.35. The average molecular weight is 397 g/mol. The Morgan fingerprint density at radius 3 is 2.65 bits per heavy atom. The Labute approximate surface area is 161 Å². The van der Waals surface area contributed by atoms with E-state index in [1.807, 2.05) is 0 Å². The van der Waals surface area contributed by atoms with E-state index >= 15 is 0 Å². The molecule has 7 nitrogen and oxygen atoms in total. The minimum Gasteiger partial charge on any atom is -0.348 e. The van der Waals surface area contributed by atoms with Gasteiger partial charge in [0.05, 0.1) is 4.92 Å². The number of halogens is 1. The Morgan fingerprint density at radius 1 is 1.31 bits per heavy atom. The molecule has 1 amide bonds. The fourth-order valence-corrected chi connectivity index (χ4v) is 3.96. The second kappa shape index (κ2) is 9.07. The molecular formula is C17H21ClN4O3S. The number of nitrogens with two attached hydrogens (primary N) is 1. The average Bonchev–Trinajstić information content (AvgIpc) is 3.12. The molecule has 1 saturated carbocycles. The van der Waals surface area contributed by atoms with Crippen molar-refractivity contribution in [3.63, 3.8) is 0 Å². The molecule has 0 radical (unpaired) electrons. The quantitative estimate of drug-likeness (QED) is 0.594. The maximum Gasteiger partial charge on any atom is 0.271 e. The standard InChI is InChI=1S/C17H20N4O3S.ClH/c18-9-12-3-1-2-4-14(12)19-16(22)15-10-25-17(20-15)11-5-7-13(8-6-11)21(23)24;/h5-8,10,12,14H,1-4,9,18H2,(H,19,22);1H. The number of hydrogen-bond donors (Lipinski definition) is 2. The minimum absolute atomic E-state index is 0. The molecule has 1 aliphatic carbocycles. The van der Waals surface area contributed by atoms with Crippen LogP contribution < -0.4 is 11.1 Å². The van der Waals surface area contributed by atoms with Crippen LogP contribution in [0, 0.1) is 16.0 Å². The van der Waals surface area contributed by atoms with Gasteiger partial charge in [0.15, 0.2) is 0 Å². The molecule has 2 unspecified atom stereocenters. The predicted molar refractivity (Wildman–Crippen MR) is 104 cm³/mol. The van der Waals surface area contributed by atoms with Gasteiger partial charge < -0.3 is 11.1 Å². The highest BCUT2D eigenvalue weighted by atomic mass is 35.5. The van der Waals surface area contributed by atoms with Crippen LogP contribution in [-0.2, 0) is 0 Å². The number of aromatic nitrogens is 1. The number of non-ortho nitro benzene ring substituents is 1. The zero-order valence-electron chi connectivity index (χ0n) is 14.1. The lowest BCUT2D eigenvalue weighted by molar-refractivity contribution is -0.384. The topological polar surface area (TPSA) is 111 Å². The summed E-state index contributed by atoms with van der Waals surface area (Å²) in [4.78, 5) is 27.1. The second-order valence-corrected chi connectivity index (χ2v) is 7.06. The summed E-state index contributed by atoms with van der Waals surface area (Å²) in [5, 5.41) is 16.2. The van der Waals surface area contributed by atoms with Crippen molar-refractivity contribution in [2.24, 2.45) is 11.7 Å². The van der Waals surface area contributed by atoms with Gasteiger partial charge >= 0.3 is 0 Å². The third-order valence-electron chi connectivity index (χ3n) is 4.59. The molecule has 0 bridgehead atoms. The SMILES string of the molecule is Cl.NCC1CCCCC1NC(=O)c1csc(-c2ccc([N+](=O)[O-])cc2)n1. The molecule has 0 saturated heterocycles. The van der Waals surface area contributed by atoms with Crippen molar-refractivity contribution in [3.05, 3.63) is 45.5 Å². The Hall–Kier alpha value is -2.03. The van der Waals surface area contributed by atoms with Crippen LogP contribution in [0.3, 0.4) is 0 Å². The Balaban J connectivity index is 0.00000243. The Bertz CT molecular complexity index is 766. The van der Waals surface area contributed by atoms with Crippen LogP contribution in [0.2, 0.25) is 0 Å². The largest absolute Gasteiger partial charge is 0.348 e. The number of nitrogens with zero attached hydrogens (tertiary/aromatic N) is 2. The van der Waals surface area contributed by atoms with Gasteiger partial charge in [-0.1, -0.05) is 12.8 Å². The lowest BCUT2D eigenvalue weighted by Crippen LogP contribution is -2.44. The van der Waals surface area contributed by atoms with E-state index in [1.54, 1.807) is 17.5 Å². The van der Waals surface area contributed by atoms with Gasteiger partial charge in [0, 0.05) is 29.1 Å². The van der Waals surface area contributed by atoms with Crippen LogP contribution in [0.4, 0.5) is 5.69 Å². The zero-order valence-corrected chi connectivity index (χ0v) is 15.7. The molecule has 1 aromatic carbocycles. The van der Waals surface area contributed by atoms with Gasteiger partial charge in [0.1, 0.15) is 10.7 Å². The number of thiazole rings is 1. The smallest absolute Gasteiger partial charge is 0.271 e. The van der Waals surface area contributed by atoms with Crippen LogP contribution in [0.5, 0.6) is 0 Å². The predicted octanol–water partition coefficient (Wildman–Crippen LogP) is 3.39. The van der Waals surface area contributed by atoms with Gasteiger partial charge in [-0.25, -0.2) is 4.98 Å². The minimum atomic E-state index is -0.442. The molecule has 1 aliphatic rings. The van der Waals surface area contributed by atoms with Gasteiger partial charge in [0.25, 0.3) is 11.6 Å². The number of nitro groups is 1. The molecule has 1 fully saturated rings. The number of amides is 1. The highest BCUT2D eigenvalue weighted by Gasteiger charge is 2.26. The molecule has 0 spiro atoms. The van der Waals surface area contributed by atoms with E-state index in [2.05, 4.69) is 10.3 Å². The first-order valence-corrected chi connectivity index (χ1v) is 9.17. The van der Waals surface area contributed by atoms with Crippen LogP contribution in [0.25, 0.3) is 10.6 Å². The monoisotopic (exact) mass is 396 g/mol. The van der Waals surface area contributed by atoms with Crippen molar-refractivity contribution in [3.8, 4) is 10.6 Å². The molecule has 2 aromatic rings. The van der Waals surface area contributed by atoms with E-state index in [0.29, 0.717) is 23.2 Å². The summed E-state index contributed by atoms with van der Waals surface area (Å²) in [5.74, 6) is 0.139. The molecule has 3 rings (SSSR count). The summed E-state index contributed by atoms with van der Waals surface area (Å²) in [5.41, 5.74) is 6.97. The lowest BCUT2D eigenvalue weighted by Gasteiger charge is -2.31. The number of benzene rings is 1. The van der Waals surface area contributed by atoms with Crippen molar-refractivity contribution < 1.29 is 9.72 Å². The molecule has 0 aliphatic heterocycles. The molecular weight excluding hydrogens is 376 g/mol. The number of nitrogens with one attached hydrogen (secondary N) is 1. The maximum atomic E-state index is 12.5.